The zero-order valence-corrected chi connectivity index (χ0v) is 12.4. The highest BCUT2D eigenvalue weighted by Gasteiger charge is 2.18. The molecule has 0 unspecified atom stereocenters. The number of carbonyl (C=O) groups is 2. The summed E-state index contributed by atoms with van der Waals surface area (Å²) in [5.41, 5.74) is 0. The van der Waals surface area contributed by atoms with E-state index in [4.69, 9.17) is 0 Å². The fourth-order valence-corrected chi connectivity index (χ4v) is 2.58. The van der Waals surface area contributed by atoms with Crippen molar-refractivity contribution in [1.82, 2.24) is 15.1 Å². The largest absolute Gasteiger partial charge is 0.339 e. The fraction of sp³-hybridized carbons (Fsp3) is 0.429. The SMILES string of the molecule is CN(CC(=O)N1CCNCC1)C(=O)/C=C/c1cccs1. The number of rotatable bonds is 4. The predicted octanol–water partition coefficient (Wildman–Crippen LogP) is 0.652. The van der Waals surface area contributed by atoms with Crippen LogP contribution in [0.5, 0.6) is 0 Å². The maximum absolute atomic E-state index is 12.0. The van der Waals surface area contributed by atoms with E-state index in [2.05, 4.69) is 5.32 Å². The molecule has 1 saturated heterocycles. The van der Waals surface area contributed by atoms with Gasteiger partial charge in [-0.25, -0.2) is 0 Å². The number of carbonyl (C=O) groups excluding carboxylic acids is 2. The molecule has 0 saturated carbocycles. The van der Waals surface area contributed by atoms with E-state index < -0.39 is 0 Å². The van der Waals surface area contributed by atoms with E-state index in [9.17, 15) is 9.59 Å². The molecule has 1 aliphatic rings. The summed E-state index contributed by atoms with van der Waals surface area (Å²) in [4.78, 5) is 28.2. The van der Waals surface area contributed by atoms with E-state index in [1.54, 1.807) is 29.4 Å². The average Bonchev–Trinajstić information content (AvgIpc) is 2.98. The molecule has 0 aromatic carbocycles. The van der Waals surface area contributed by atoms with Crippen molar-refractivity contribution in [2.45, 2.75) is 0 Å². The molecule has 1 aromatic rings. The van der Waals surface area contributed by atoms with Crippen LogP contribution in [0.3, 0.4) is 0 Å². The van der Waals surface area contributed by atoms with Crippen LogP contribution in [0.2, 0.25) is 0 Å². The zero-order chi connectivity index (χ0) is 14.4. The van der Waals surface area contributed by atoms with E-state index in [0.717, 1.165) is 18.0 Å². The van der Waals surface area contributed by atoms with Crippen molar-refractivity contribution in [1.29, 1.82) is 0 Å². The Hall–Kier alpha value is -1.66. The first-order valence-corrected chi connectivity index (χ1v) is 7.50. The van der Waals surface area contributed by atoms with Crippen LogP contribution in [0.15, 0.2) is 23.6 Å². The van der Waals surface area contributed by atoms with Crippen molar-refractivity contribution >= 4 is 29.2 Å². The van der Waals surface area contributed by atoms with E-state index in [-0.39, 0.29) is 18.4 Å². The lowest BCUT2D eigenvalue weighted by molar-refractivity contribution is -0.137. The summed E-state index contributed by atoms with van der Waals surface area (Å²) in [7, 11) is 1.65. The highest BCUT2D eigenvalue weighted by molar-refractivity contribution is 7.10. The molecule has 0 bridgehead atoms. The smallest absolute Gasteiger partial charge is 0.246 e. The van der Waals surface area contributed by atoms with Crippen molar-refractivity contribution in [2.24, 2.45) is 0 Å². The number of likely N-dealkylation sites (N-methyl/N-ethyl adjacent to an activating group) is 1. The second-order valence-electron chi connectivity index (χ2n) is 4.67. The van der Waals surface area contributed by atoms with E-state index in [0.29, 0.717) is 13.1 Å². The highest BCUT2D eigenvalue weighted by Crippen LogP contribution is 2.10. The minimum atomic E-state index is -0.151. The van der Waals surface area contributed by atoms with Crippen LogP contribution in [-0.2, 0) is 9.59 Å². The second kappa shape index (κ2) is 7.21. The van der Waals surface area contributed by atoms with Gasteiger partial charge in [0.25, 0.3) is 0 Å². The van der Waals surface area contributed by atoms with Crippen LogP contribution in [-0.4, -0.2) is 61.4 Å². The molecule has 2 heterocycles. The zero-order valence-electron chi connectivity index (χ0n) is 11.5. The summed E-state index contributed by atoms with van der Waals surface area (Å²) in [6.07, 6.45) is 3.29. The molecule has 0 aliphatic carbocycles. The Labute approximate surface area is 122 Å². The molecule has 6 heteroatoms. The van der Waals surface area contributed by atoms with Crippen molar-refractivity contribution in [3.8, 4) is 0 Å². The van der Waals surface area contributed by atoms with Gasteiger partial charge >= 0.3 is 0 Å². The molecule has 5 nitrogen and oxygen atoms in total. The van der Waals surface area contributed by atoms with Gasteiger partial charge in [0.2, 0.25) is 11.8 Å². The van der Waals surface area contributed by atoms with E-state index in [1.807, 2.05) is 17.5 Å². The normalized spacial score (nSPS) is 15.6. The molecular formula is C14H19N3O2S. The number of amides is 2. The minimum absolute atomic E-state index is 0.00636. The summed E-state index contributed by atoms with van der Waals surface area (Å²) < 4.78 is 0. The summed E-state index contributed by atoms with van der Waals surface area (Å²) in [6, 6.07) is 3.88. The summed E-state index contributed by atoms with van der Waals surface area (Å²) in [5.74, 6) is -0.145. The number of nitrogens with zero attached hydrogens (tertiary/aromatic N) is 2. The molecule has 0 spiro atoms. The molecule has 1 aliphatic heterocycles. The minimum Gasteiger partial charge on any atom is -0.339 e. The third kappa shape index (κ3) is 4.18. The molecular weight excluding hydrogens is 274 g/mol. The van der Waals surface area contributed by atoms with Gasteiger partial charge in [-0.1, -0.05) is 6.07 Å². The average molecular weight is 293 g/mol. The lowest BCUT2D eigenvalue weighted by atomic mass is 10.3. The lowest BCUT2D eigenvalue weighted by Gasteiger charge is -2.29. The van der Waals surface area contributed by atoms with Crippen molar-refractivity contribution in [2.75, 3.05) is 39.8 Å². The van der Waals surface area contributed by atoms with Gasteiger partial charge in [0.15, 0.2) is 0 Å². The highest BCUT2D eigenvalue weighted by atomic mass is 32.1. The topological polar surface area (TPSA) is 52.7 Å². The summed E-state index contributed by atoms with van der Waals surface area (Å²) in [5, 5.41) is 5.16. The Bertz CT molecular complexity index is 479. The van der Waals surface area contributed by atoms with Crippen LogP contribution in [0.25, 0.3) is 6.08 Å². The molecule has 2 rings (SSSR count). The second-order valence-corrected chi connectivity index (χ2v) is 5.65. The van der Waals surface area contributed by atoms with Crippen LogP contribution in [0, 0.1) is 0 Å². The standard InChI is InChI=1S/C14H19N3O2S/c1-16(11-14(19)17-8-6-15-7-9-17)13(18)5-4-12-3-2-10-20-12/h2-5,10,15H,6-9,11H2,1H3/b5-4+. The van der Waals surface area contributed by atoms with Crippen LogP contribution < -0.4 is 5.32 Å². The fourth-order valence-electron chi connectivity index (χ4n) is 1.96. The Morgan fingerprint density at radius 1 is 1.45 bits per heavy atom. The number of thiophene rings is 1. The van der Waals surface area contributed by atoms with Crippen LogP contribution >= 0.6 is 11.3 Å². The van der Waals surface area contributed by atoms with E-state index in [1.165, 1.54) is 11.0 Å². The first-order valence-electron chi connectivity index (χ1n) is 6.62. The van der Waals surface area contributed by atoms with Crippen molar-refractivity contribution < 1.29 is 9.59 Å². The Morgan fingerprint density at radius 3 is 2.85 bits per heavy atom. The van der Waals surface area contributed by atoms with Gasteiger partial charge < -0.3 is 15.1 Å². The molecule has 0 atom stereocenters. The van der Waals surface area contributed by atoms with E-state index >= 15 is 0 Å². The number of nitrogens with one attached hydrogen (secondary N) is 1. The monoisotopic (exact) mass is 293 g/mol. The number of hydrogen-bond acceptors (Lipinski definition) is 4. The Balaban J connectivity index is 1.82. The third-order valence-corrected chi connectivity index (χ3v) is 3.99. The van der Waals surface area contributed by atoms with Gasteiger partial charge in [-0.15, -0.1) is 11.3 Å². The Morgan fingerprint density at radius 2 is 2.20 bits per heavy atom. The van der Waals surface area contributed by atoms with Crippen molar-refractivity contribution in [3.63, 3.8) is 0 Å². The van der Waals surface area contributed by atoms with Gasteiger partial charge in [-0.3, -0.25) is 9.59 Å². The molecule has 0 radical (unpaired) electrons. The predicted molar refractivity (Wildman–Crippen MR) is 80.4 cm³/mol. The molecule has 2 amide bonds. The number of piperazine rings is 1. The molecule has 1 N–H and O–H groups in total. The first kappa shape index (κ1) is 14.7. The quantitative estimate of drug-likeness (QED) is 0.830. The third-order valence-electron chi connectivity index (χ3n) is 3.15. The number of hydrogen-bond donors (Lipinski definition) is 1. The lowest BCUT2D eigenvalue weighted by Crippen LogP contribution is -2.49. The van der Waals surface area contributed by atoms with Crippen LogP contribution in [0.1, 0.15) is 4.88 Å². The molecule has 1 fully saturated rings. The maximum Gasteiger partial charge on any atom is 0.246 e. The molecule has 20 heavy (non-hydrogen) atoms. The first-order chi connectivity index (χ1) is 9.66. The maximum atomic E-state index is 12.0. The van der Waals surface area contributed by atoms with Gasteiger partial charge in [-0.05, 0) is 17.5 Å². The van der Waals surface area contributed by atoms with Crippen LogP contribution in [0.4, 0.5) is 0 Å². The molecule has 108 valence electrons. The Kier molecular flexibility index (Phi) is 5.31. The van der Waals surface area contributed by atoms with Gasteiger partial charge in [-0.2, -0.15) is 0 Å². The van der Waals surface area contributed by atoms with Crippen molar-refractivity contribution in [3.05, 3.63) is 28.5 Å². The summed E-state index contributed by atoms with van der Waals surface area (Å²) >= 11 is 1.57. The molecule has 1 aromatic heterocycles. The van der Waals surface area contributed by atoms with Gasteiger partial charge in [0, 0.05) is 44.2 Å². The van der Waals surface area contributed by atoms with Gasteiger partial charge in [0.1, 0.15) is 0 Å². The summed E-state index contributed by atoms with van der Waals surface area (Å²) in [6.45, 7) is 3.20. The van der Waals surface area contributed by atoms with Gasteiger partial charge in [0.05, 0.1) is 6.54 Å².